The standard InChI is InChI=1S/C10H13F3N2O2S.ClH/c1-7(6-14)15-18(16,17)9-5-3-2-4-8(9)10(11,12)13;/h2-5,7,15H,6,14H2,1H3;1H/t7-;/m0./s1. The van der Waals surface area contributed by atoms with Gasteiger partial charge in [-0.3, -0.25) is 0 Å². The lowest BCUT2D eigenvalue weighted by molar-refractivity contribution is -0.139. The van der Waals surface area contributed by atoms with E-state index in [2.05, 4.69) is 4.72 Å². The summed E-state index contributed by atoms with van der Waals surface area (Å²) in [5.41, 5.74) is 4.04. The van der Waals surface area contributed by atoms with Crippen molar-refractivity contribution in [3.8, 4) is 0 Å². The minimum atomic E-state index is -4.72. The molecule has 0 unspecified atom stereocenters. The molecule has 3 N–H and O–H groups in total. The second kappa shape index (κ2) is 6.56. The Balaban J connectivity index is 0.00000324. The molecule has 9 heteroatoms. The summed E-state index contributed by atoms with van der Waals surface area (Å²) in [7, 11) is -4.24. The topological polar surface area (TPSA) is 72.2 Å². The van der Waals surface area contributed by atoms with Crippen molar-refractivity contribution in [3.63, 3.8) is 0 Å². The van der Waals surface area contributed by atoms with E-state index < -0.39 is 32.7 Å². The molecule has 110 valence electrons. The SMILES string of the molecule is C[C@@H](CN)NS(=O)(=O)c1ccccc1C(F)(F)F.Cl. The molecule has 0 aliphatic carbocycles. The van der Waals surface area contributed by atoms with Gasteiger partial charge in [-0.25, -0.2) is 13.1 Å². The minimum absolute atomic E-state index is 0. The highest BCUT2D eigenvalue weighted by atomic mass is 35.5. The lowest BCUT2D eigenvalue weighted by Gasteiger charge is -2.16. The van der Waals surface area contributed by atoms with E-state index in [1.54, 1.807) is 0 Å². The van der Waals surface area contributed by atoms with E-state index in [4.69, 9.17) is 5.73 Å². The van der Waals surface area contributed by atoms with Crippen LogP contribution in [0.3, 0.4) is 0 Å². The average Bonchev–Trinajstić information content (AvgIpc) is 2.27. The van der Waals surface area contributed by atoms with Crippen LogP contribution in [0.2, 0.25) is 0 Å². The van der Waals surface area contributed by atoms with Gasteiger partial charge in [0.2, 0.25) is 10.0 Å². The molecule has 0 radical (unpaired) electrons. The summed E-state index contributed by atoms with van der Waals surface area (Å²) in [4.78, 5) is -0.794. The van der Waals surface area contributed by atoms with E-state index >= 15 is 0 Å². The van der Waals surface area contributed by atoms with Crippen molar-refractivity contribution in [2.45, 2.75) is 24.0 Å². The van der Waals surface area contributed by atoms with Crippen LogP contribution in [0.25, 0.3) is 0 Å². The quantitative estimate of drug-likeness (QED) is 0.888. The molecular weight excluding hydrogens is 305 g/mol. The molecule has 4 nitrogen and oxygen atoms in total. The molecule has 0 amide bonds. The van der Waals surface area contributed by atoms with Gasteiger partial charge >= 0.3 is 6.18 Å². The van der Waals surface area contributed by atoms with Crippen LogP contribution in [0.1, 0.15) is 12.5 Å². The maximum Gasteiger partial charge on any atom is 0.417 e. The highest BCUT2D eigenvalue weighted by Crippen LogP contribution is 2.33. The van der Waals surface area contributed by atoms with Gasteiger partial charge < -0.3 is 5.73 Å². The highest BCUT2D eigenvalue weighted by Gasteiger charge is 2.36. The van der Waals surface area contributed by atoms with Crippen LogP contribution in [0.15, 0.2) is 29.2 Å². The molecule has 0 spiro atoms. The fourth-order valence-electron chi connectivity index (χ4n) is 1.31. The Bertz CT molecular complexity index is 520. The molecule has 1 aromatic carbocycles. The van der Waals surface area contributed by atoms with Gasteiger partial charge in [-0.2, -0.15) is 13.2 Å². The van der Waals surface area contributed by atoms with Gasteiger partial charge in [0.1, 0.15) is 0 Å². The van der Waals surface area contributed by atoms with Crippen molar-refractivity contribution in [2.75, 3.05) is 6.54 Å². The van der Waals surface area contributed by atoms with E-state index in [1.165, 1.54) is 13.0 Å². The van der Waals surface area contributed by atoms with Gasteiger partial charge in [0.25, 0.3) is 0 Å². The van der Waals surface area contributed by atoms with Crippen LogP contribution in [0.4, 0.5) is 13.2 Å². The maximum atomic E-state index is 12.7. The summed E-state index contributed by atoms with van der Waals surface area (Å²) < 4.78 is 63.7. The fourth-order valence-corrected chi connectivity index (χ4v) is 2.80. The van der Waals surface area contributed by atoms with Crippen LogP contribution in [0.5, 0.6) is 0 Å². The third-order valence-electron chi connectivity index (χ3n) is 2.19. The van der Waals surface area contributed by atoms with Crippen molar-refractivity contribution in [3.05, 3.63) is 29.8 Å². The zero-order chi connectivity index (χ0) is 14.0. The molecule has 1 aromatic rings. The summed E-state index contributed by atoms with van der Waals surface area (Å²) in [6.45, 7) is 1.46. The predicted octanol–water partition coefficient (Wildman–Crippen LogP) is 1.75. The molecule has 0 bridgehead atoms. The number of rotatable bonds is 4. The Hall–Kier alpha value is -0.830. The molecule has 0 aliphatic rings. The van der Waals surface area contributed by atoms with Crippen LogP contribution in [-0.2, 0) is 16.2 Å². The number of halogens is 4. The monoisotopic (exact) mass is 318 g/mol. The molecule has 0 saturated heterocycles. The minimum Gasteiger partial charge on any atom is -0.329 e. The zero-order valence-electron chi connectivity index (χ0n) is 9.94. The summed E-state index contributed by atoms with van der Waals surface area (Å²) in [5, 5.41) is 0. The first kappa shape index (κ1) is 18.2. The van der Waals surface area contributed by atoms with Gasteiger partial charge in [0, 0.05) is 12.6 Å². The molecule has 1 atom stereocenters. The molecular formula is C10H14ClF3N2O2S. The molecule has 0 fully saturated rings. The number of hydrogen-bond acceptors (Lipinski definition) is 3. The molecule has 0 heterocycles. The number of benzene rings is 1. The van der Waals surface area contributed by atoms with E-state index in [0.717, 1.165) is 18.2 Å². The first-order valence-electron chi connectivity index (χ1n) is 5.07. The van der Waals surface area contributed by atoms with E-state index in [9.17, 15) is 21.6 Å². The summed E-state index contributed by atoms with van der Waals surface area (Å²) in [6, 6.07) is 3.36. The number of hydrogen-bond donors (Lipinski definition) is 2. The Morgan fingerprint density at radius 3 is 2.32 bits per heavy atom. The van der Waals surface area contributed by atoms with Gasteiger partial charge in [0.15, 0.2) is 0 Å². The summed E-state index contributed by atoms with van der Waals surface area (Å²) in [6.07, 6.45) is -4.72. The number of alkyl halides is 3. The molecule has 0 saturated carbocycles. The van der Waals surface area contributed by atoms with Crippen molar-refractivity contribution < 1.29 is 21.6 Å². The number of nitrogens with two attached hydrogens (primary N) is 1. The Labute approximate surface area is 115 Å². The number of nitrogens with one attached hydrogen (secondary N) is 1. The van der Waals surface area contributed by atoms with Gasteiger partial charge in [-0.1, -0.05) is 12.1 Å². The third kappa shape index (κ3) is 4.64. The lowest BCUT2D eigenvalue weighted by atomic mass is 10.2. The Morgan fingerprint density at radius 2 is 1.84 bits per heavy atom. The van der Waals surface area contributed by atoms with E-state index in [-0.39, 0.29) is 19.0 Å². The Kier molecular flexibility index (Phi) is 6.27. The highest BCUT2D eigenvalue weighted by molar-refractivity contribution is 7.89. The molecule has 0 aliphatic heterocycles. The lowest BCUT2D eigenvalue weighted by Crippen LogP contribution is -2.38. The predicted molar refractivity (Wildman–Crippen MR) is 67.5 cm³/mol. The van der Waals surface area contributed by atoms with Crippen LogP contribution in [0, 0.1) is 0 Å². The van der Waals surface area contributed by atoms with Gasteiger partial charge in [0.05, 0.1) is 10.5 Å². The smallest absolute Gasteiger partial charge is 0.329 e. The largest absolute Gasteiger partial charge is 0.417 e. The molecule has 1 rings (SSSR count). The van der Waals surface area contributed by atoms with Crippen molar-refractivity contribution in [2.24, 2.45) is 5.73 Å². The van der Waals surface area contributed by atoms with Crippen LogP contribution < -0.4 is 10.5 Å². The van der Waals surface area contributed by atoms with Crippen LogP contribution >= 0.6 is 12.4 Å². The van der Waals surface area contributed by atoms with Gasteiger partial charge in [-0.05, 0) is 19.1 Å². The van der Waals surface area contributed by atoms with E-state index in [0.29, 0.717) is 0 Å². The van der Waals surface area contributed by atoms with Crippen molar-refractivity contribution >= 4 is 22.4 Å². The maximum absolute atomic E-state index is 12.7. The zero-order valence-corrected chi connectivity index (χ0v) is 11.6. The number of sulfonamides is 1. The first-order valence-corrected chi connectivity index (χ1v) is 6.55. The van der Waals surface area contributed by atoms with E-state index in [1.807, 2.05) is 0 Å². The second-order valence-electron chi connectivity index (χ2n) is 3.75. The molecule has 0 aromatic heterocycles. The van der Waals surface area contributed by atoms with Crippen LogP contribution in [-0.4, -0.2) is 21.0 Å². The van der Waals surface area contributed by atoms with Gasteiger partial charge in [-0.15, -0.1) is 12.4 Å². The fraction of sp³-hybridized carbons (Fsp3) is 0.400. The summed E-state index contributed by atoms with van der Waals surface area (Å²) >= 11 is 0. The van der Waals surface area contributed by atoms with Crippen molar-refractivity contribution in [1.29, 1.82) is 0 Å². The second-order valence-corrected chi connectivity index (χ2v) is 5.43. The van der Waals surface area contributed by atoms with Crippen molar-refractivity contribution in [1.82, 2.24) is 4.72 Å². The average molecular weight is 319 g/mol. The Morgan fingerprint density at radius 1 is 1.32 bits per heavy atom. The first-order chi connectivity index (χ1) is 8.18. The normalized spacial score (nSPS) is 13.7. The summed E-state index contributed by atoms with van der Waals surface area (Å²) in [5.74, 6) is 0. The third-order valence-corrected chi connectivity index (χ3v) is 3.84. The molecule has 19 heavy (non-hydrogen) atoms.